The SMILES string of the molecule is COC(=O)c1ccsc1NC(=O)[C@H]1CC=CC[C@@H]1C(=O)O. The van der Waals surface area contributed by atoms with Gasteiger partial charge in [-0.05, 0) is 24.3 Å². The standard InChI is InChI=1S/C14H15NO5S/c1-20-14(19)10-6-7-21-12(10)15-11(16)8-4-2-3-5-9(8)13(17)18/h2-3,6-9H,4-5H2,1H3,(H,15,16)(H,17,18)/t8-,9-/m0/s1. The molecule has 0 saturated carbocycles. The van der Waals surface area contributed by atoms with E-state index >= 15 is 0 Å². The molecular weight excluding hydrogens is 294 g/mol. The molecule has 1 heterocycles. The number of carboxylic acid groups (broad SMARTS) is 1. The van der Waals surface area contributed by atoms with Crippen molar-refractivity contribution in [1.29, 1.82) is 0 Å². The van der Waals surface area contributed by atoms with Crippen LogP contribution >= 0.6 is 11.3 Å². The zero-order chi connectivity index (χ0) is 15.4. The minimum atomic E-state index is -0.987. The zero-order valence-electron chi connectivity index (χ0n) is 11.4. The van der Waals surface area contributed by atoms with E-state index in [0.717, 1.165) is 0 Å². The van der Waals surface area contributed by atoms with Crippen LogP contribution in [0.2, 0.25) is 0 Å². The Balaban J connectivity index is 2.14. The predicted octanol–water partition coefficient (Wildman–Crippen LogP) is 2.14. The lowest BCUT2D eigenvalue weighted by atomic mass is 9.82. The zero-order valence-corrected chi connectivity index (χ0v) is 12.2. The van der Waals surface area contributed by atoms with E-state index < -0.39 is 23.8 Å². The summed E-state index contributed by atoms with van der Waals surface area (Å²) in [6.07, 6.45) is 4.29. The molecule has 0 spiro atoms. The fourth-order valence-corrected chi connectivity index (χ4v) is 3.04. The van der Waals surface area contributed by atoms with Crippen molar-refractivity contribution in [2.75, 3.05) is 12.4 Å². The molecule has 112 valence electrons. The van der Waals surface area contributed by atoms with Gasteiger partial charge in [-0.2, -0.15) is 0 Å². The molecular formula is C14H15NO5S. The Morgan fingerprint density at radius 2 is 1.95 bits per heavy atom. The minimum absolute atomic E-state index is 0.272. The van der Waals surface area contributed by atoms with Crippen LogP contribution in [0.3, 0.4) is 0 Å². The van der Waals surface area contributed by atoms with Crippen molar-refractivity contribution in [3.05, 3.63) is 29.2 Å². The summed E-state index contributed by atoms with van der Waals surface area (Å²) < 4.78 is 4.63. The lowest BCUT2D eigenvalue weighted by Gasteiger charge is -2.24. The first-order valence-electron chi connectivity index (χ1n) is 6.39. The maximum absolute atomic E-state index is 12.3. The molecule has 0 unspecified atom stereocenters. The number of amides is 1. The highest BCUT2D eigenvalue weighted by Gasteiger charge is 2.34. The van der Waals surface area contributed by atoms with Gasteiger partial charge in [-0.25, -0.2) is 4.79 Å². The normalized spacial score (nSPS) is 20.8. The number of methoxy groups -OCH3 is 1. The molecule has 7 heteroatoms. The molecule has 0 radical (unpaired) electrons. The summed E-state index contributed by atoms with van der Waals surface area (Å²) in [5, 5.41) is 13.9. The first-order chi connectivity index (χ1) is 10.0. The Hall–Kier alpha value is -2.15. The molecule has 6 nitrogen and oxygen atoms in total. The highest BCUT2D eigenvalue weighted by Crippen LogP contribution is 2.29. The van der Waals surface area contributed by atoms with Gasteiger partial charge in [0.25, 0.3) is 0 Å². The Morgan fingerprint density at radius 3 is 2.57 bits per heavy atom. The van der Waals surface area contributed by atoms with E-state index in [1.54, 1.807) is 23.6 Å². The number of carboxylic acids is 1. The molecule has 0 aliphatic heterocycles. The van der Waals surface area contributed by atoms with Crippen LogP contribution < -0.4 is 5.32 Å². The van der Waals surface area contributed by atoms with E-state index in [9.17, 15) is 19.5 Å². The number of hydrogen-bond donors (Lipinski definition) is 2. The van der Waals surface area contributed by atoms with Crippen LogP contribution in [0, 0.1) is 11.8 Å². The van der Waals surface area contributed by atoms with Crippen molar-refractivity contribution < 1.29 is 24.2 Å². The molecule has 0 bridgehead atoms. The summed E-state index contributed by atoms with van der Waals surface area (Å²) in [6.45, 7) is 0. The van der Waals surface area contributed by atoms with Gasteiger partial charge in [0, 0.05) is 0 Å². The van der Waals surface area contributed by atoms with Crippen LogP contribution in [0.1, 0.15) is 23.2 Å². The third-order valence-corrected chi connectivity index (χ3v) is 4.22. The van der Waals surface area contributed by atoms with E-state index in [1.807, 2.05) is 0 Å². The van der Waals surface area contributed by atoms with Gasteiger partial charge in [0.2, 0.25) is 5.91 Å². The number of nitrogens with one attached hydrogen (secondary N) is 1. The Morgan fingerprint density at radius 1 is 1.29 bits per heavy atom. The third-order valence-electron chi connectivity index (χ3n) is 3.39. The van der Waals surface area contributed by atoms with E-state index in [2.05, 4.69) is 10.1 Å². The molecule has 21 heavy (non-hydrogen) atoms. The largest absolute Gasteiger partial charge is 0.481 e. The van der Waals surface area contributed by atoms with Gasteiger partial charge in [0.1, 0.15) is 5.00 Å². The first-order valence-corrected chi connectivity index (χ1v) is 7.27. The maximum Gasteiger partial charge on any atom is 0.340 e. The van der Waals surface area contributed by atoms with Gasteiger partial charge in [-0.15, -0.1) is 11.3 Å². The van der Waals surface area contributed by atoms with Crippen LogP contribution in [-0.4, -0.2) is 30.1 Å². The average molecular weight is 309 g/mol. The quantitative estimate of drug-likeness (QED) is 0.656. The molecule has 0 aromatic carbocycles. The first kappa shape index (κ1) is 15.2. The number of hydrogen-bond acceptors (Lipinski definition) is 5. The minimum Gasteiger partial charge on any atom is -0.481 e. The van der Waals surface area contributed by atoms with Crippen molar-refractivity contribution in [1.82, 2.24) is 0 Å². The fourth-order valence-electron chi connectivity index (χ4n) is 2.26. The highest BCUT2D eigenvalue weighted by atomic mass is 32.1. The summed E-state index contributed by atoms with van der Waals surface area (Å²) in [5.74, 6) is -3.29. The Kier molecular flexibility index (Phi) is 4.74. The number of ether oxygens (including phenoxy) is 1. The molecule has 2 N–H and O–H groups in total. The fraction of sp³-hybridized carbons (Fsp3) is 0.357. The van der Waals surface area contributed by atoms with Crippen molar-refractivity contribution >= 4 is 34.2 Å². The number of rotatable bonds is 4. The van der Waals surface area contributed by atoms with Gasteiger partial charge in [-0.3, -0.25) is 9.59 Å². The molecule has 2 rings (SSSR count). The van der Waals surface area contributed by atoms with E-state index in [0.29, 0.717) is 17.8 Å². The van der Waals surface area contributed by atoms with Crippen LogP contribution in [0.25, 0.3) is 0 Å². The third kappa shape index (κ3) is 3.30. The number of thiophene rings is 1. The van der Waals surface area contributed by atoms with Crippen LogP contribution in [0.15, 0.2) is 23.6 Å². The molecule has 0 saturated heterocycles. The molecule has 1 aliphatic rings. The molecule has 1 aliphatic carbocycles. The molecule has 1 aromatic heterocycles. The number of carbonyl (C=O) groups excluding carboxylic acids is 2. The topological polar surface area (TPSA) is 92.7 Å². The lowest BCUT2D eigenvalue weighted by Crippen LogP contribution is -2.34. The maximum atomic E-state index is 12.3. The van der Waals surface area contributed by atoms with Crippen molar-refractivity contribution in [2.45, 2.75) is 12.8 Å². The van der Waals surface area contributed by atoms with Crippen molar-refractivity contribution in [2.24, 2.45) is 11.8 Å². The second kappa shape index (κ2) is 6.53. The Labute approximate surface area is 125 Å². The molecule has 1 amide bonds. The number of esters is 1. The van der Waals surface area contributed by atoms with Gasteiger partial charge < -0.3 is 15.2 Å². The number of allylic oxidation sites excluding steroid dienone is 2. The van der Waals surface area contributed by atoms with Crippen LogP contribution in [-0.2, 0) is 14.3 Å². The van der Waals surface area contributed by atoms with Crippen molar-refractivity contribution in [3.63, 3.8) is 0 Å². The summed E-state index contributed by atoms with van der Waals surface area (Å²) in [7, 11) is 1.26. The van der Waals surface area contributed by atoms with Crippen LogP contribution in [0.4, 0.5) is 5.00 Å². The van der Waals surface area contributed by atoms with E-state index in [1.165, 1.54) is 18.4 Å². The van der Waals surface area contributed by atoms with Crippen molar-refractivity contribution in [3.8, 4) is 0 Å². The summed E-state index contributed by atoms with van der Waals surface area (Å²) in [4.78, 5) is 35.1. The number of anilines is 1. The number of aliphatic carboxylic acids is 1. The second-order valence-electron chi connectivity index (χ2n) is 4.64. The van der Waals surface area contributed by atoms with E-state index in [4.69, 9.17) is 0 Å². The van der Waals surface area contributed by atoms with Gasteiger partial charge in [-0.1, -0.05) is 12.2 Å². The van der Waals surface area contributed by atoms with Gasteiger partial charge in [0.05, 0.1) is 24.5 Å². The summed E-state index contributed by atoms with van der Waals surface area (Å²) in [5.41, 5.74) is 0.272. The summed E-state index contributed by atoms with van der Waals surface area (Å²) >= 11 is 1.20. The summed E-state index contributed by atoms with van der Waals surface area (Å²) in [6, 6.07) is 1.56. The number of carbonyl (C=O) groups is 3. The average Bonchev–Trinajstić information content (AvgIpc) is 2.94. The molecule has 2 atom stereocenters. The van der Waals surface area contributed by atoms with Gasteiger partial charge >= 0.3 is 11.9 Å². The molecule has 1 aromatic rings. The predicted molar refractivity (Wildman–Crippen MR) is 77.3 cm³/mol. The molecule has 0 fully saturated rings. The van der Waals surface area contributed by atoms with Gasteiger partial charge in [0.15, 0.2) is 0 Å². The second-order valence-corrected chi connectivity index (χ2v) is 5.55. The monoisotopic (exact) mass is 309 g/mol. The van der Waals surface area contributed by atoms with Crippen LogP contribution in [0.5, 0.6) is 0 Å². The highest BCUT2D eigenvalue weighted by molar-refractivity contribution is 7.14. The van der Waals surface area contributed by atoms with E-state index in [-0.39, 0.29) is 11.5 Å². The lowest BCUT2D eigenvalue weighted by molar-refractivity contribution is -0.146. The Bertz CT molecular complexity index is 592. The smallest absolute Gasteiger partial charge is 0.340 e.